The lowest BCUT2D eigenvalue weighted by molar-refractivity contribution is 0.668. The Morgan fingerprint density at radius 2 is 0.685 bits per heavy atom. The fraction of sp³-hybridized carbons (Fsp3) is 0.0930. The number of fused-ring (bicyclic) bond motifs is 20. The van der Waals surface area contributed by atoms with Crippen molar-refractivity contribution in [1.29, 1.82) is 0 Å². The van der Waals surface area contributed by atoms with Gasteiger partial charge in [-0.1, -0.05) is 194 Å². The van der Waals surface area contributed by atoms with Crippen LogP contribution >= 0.6 is 0 Å². The summed E-state index contributed by atoms with van der Waals surface area (Å²) in [5.74, 6) is 0. The number of hydrogen-bond donors (Lipinski definition) is 0. The zero-order valence-electron chi connectivity index (χ0n) is 50.5. The Labute approximate surface area is 529 Å². The van der Waals surface area contributed by atoms with Crippen molar-refractivity contribution >= 4 is 154 Å². The van der Waals surface area contributed by atoms with E-state index in [0.717, 1.165) is 105 Å². The van der Waals surface area contributed by atoms with E-state index in [4.69, 9.17) is 8.83 Å². The molecule has 0 radical (unpaired) electrons. The first-order chi connectivity index (χ1) is 45.7. The first-order valence-corrected chi connectivity index (χ1v) is 32.8. The maximum Gasteiger partial charge on any atom is 0.159 e. The highest BCUT2D eigenvalue weighted by molar-refractivity contribution is 6.33. The third kappa shape index (κ3) is 6.88. The molecule has 0 atom stereocenters. The van der Waals surface area contributed by atoms with Crippen molar-refractivity contribution in [2.45, 2.75) is 51.4 Å². The van der Waals surface area contributed by atoms with Gasteiger partial charge in [0, 0.05) is 75.8 Å². The van der Waals surface area contributed by atoms with Crippen molar-refractivity contribution in [3.8, 4) is 22.3 Å². The number of benzene rings is 13. The van der Waals surface area contributed by atoms with Crippen LogP contribution in [0.25, 0.3) is 142 Å². The van der Waals surface area contributed by atoms with Crippen LogP contribution in [0.15, 0.2) is 264 Å². The zero-order chi connectivity index (χ0) is 59.9. The first kappa shape index (κ1) is 50.5. The number of anilines is 6. The van der Waals surface area contributed by atoms with Crippen LogP contribution < -0.4 is 9.80 Å². The minimum Gasteiger partial charge on any atom is -0.454 e. The zero-order valence-corrected chi connectivity index (χ0v) is 50.5. The third-order valence-corrected chi connectivity index (χ3v) is 21.1. The van der Waals surface area contributed by atoms with Gasteiger partial charge in [0.1, 0.15) is 11.2 Å². The van der Waals surface area contributed by atoms with Gasteiger partial charge >= 0.3 is 0 Å². The maximum atomic E-state index is 7.09. The second-order valence-corrected chi connectivity index (χ2v) is 25.8. The molecule has 19 aromatic rings. The highest BCUT2D eigenvalue weighted by atomic mass is 16.3. The van der Waals surface area contributed by atoms with Gasteiger partial charge in [-0.25, -0.2) is 0 Å². The van der Waals surface area contributed by atoms with Crippen LogP contribution in [-0.4, -0.2) is 8.80 Å². The molecule has 92 heavy (non-hydrogen) atoms. The Bertz CT molecular complexity index is 5900. The molecule has 0 bridgehead atoms. The summed E-state index contributed by atoms with van der Waals surface area (Å²) < 4.78 is 19.4. The number of aryl methyl sites for hydroxylation is 2. The van der Waals surface area contributed by atoms with Crippen LogP contribution in [0.2, 0.25) is 0 Å². The average molecular weight is 1180 g/mol. The molecule has 0 saturated carbocycles. The van der Waals surface area contributed by atoms with Crippen molar-refractivity contribution in [2.75, 3.05) is 9.80 Å². The number of hydrogen-bond acceptors (Lipinski definition) is 4. The van der Waals surface area contributed by atoms with Gasteiger partial charge in [0.15, 0.2) is 11.2 Å². The standard InChI is InChI=1S/C86H58N4O2/c1-3-21-51(22-4-1)57-43-41-53-25-7-9-27-55(53)81(57)89(73-37-19-33-63-59-29-13-17-39-77(59)91-85(63)73)71-47-45-61-67-49-76-68(50-75(67)87-69-35-15-11-31-65(69)79(71)83(61)87)62-46-48-72(80-66-32-12-16-36-70(66)88(76)84(62)80)90(74-38-20-34-64-60-30-14-18-40-78(60)92-86(64)74)82-56-28-10-8-26-54(56)42-44-58(82)52-23-5-2-6-24-52/h1-6,11-24,29-50H,7-10,25-28H2. The van der Waals surface area contributed by atoms with Gasteiger partial charge in [-0.3, -0.25) is 0 Å². The van der Waals surface area contributed by atoms with E-state index in [0.29, 0.717) is 0 Å². The number of para-hydroxylation sites is 6. The summed E-state index contributed by atoms with van der Waals surface area (Å²) in [6.07, 6.45) is 8.77. The van der Waals surface area contributed by atoms with Gasteiger partial charge in [-0.15, -0.1) is 0 Å². The van der Waals surface area contributed by atoms with E-state index in [2.05, 4.69) is 273 Å². The fourth-order valence-electron chi connectivity index (χ4n) is 17.2. The van der Waals surface area contributed by atoms with Crippen LogP contribution in [-0.2, 0) is 25.7 Å². The van der Waals surface area contributed by atoms with E-state index in [-0.39, 0.29) is 0 Å². The molecule has 6 nitrogen and oxygen atoms in total. The summed E-state index contributed by atoms with van der Waals surface area (Å²) in [6.45, 7) is 0. The molecule has 2 aliphatic rings. The van der Waals surface area contributed by atoms with Crippen molar-refractivity contribution in [2.24, 2.45) is 0 Å². The summed E-state index contributed by atoms with van der Waals surface area (Å²) >= 11 is 0. The highest BCUT2D eigenvalue weighted by Crippen LogP contribution is 2.57. The molecule has 0 fully saturated rings. The lowest BCUT2D eigenvalue weighted by Gasteiger charge is -2.33. The topological polar surface area (TPSA) is 41.6 Å². The summed E-state index contributed by atoms with van der Waals surface area (Å²) in [5, 5.41) is 14.3. The molecular weight excluding hydrogens is 1120 g/mol. The molecule has 6 aromatic heterocycles. The second kappa shape index (κ2) is 19.1. The second-order valence-electron chi connectivity index (χ2n) is 25.8. The molecule has 0 aliphatic heterocycles. The van der Waals surface area contributed by atoms with Gasteiger partial charge < -0.3 is 27.4 Å². The van der Waals surface area contributed by atoms with Crippen molar-refractivity contribution < 1.29 is 8.83 Å². The molecule has 0 unspecified atom stereocenters. The van der Waals surface area contributed by atoms with Gasteiger partial charge in [-0.05, 0) is 145 Å². The molecule has 0 spiro atoms. The summed E-state index contributed by atoms with van der Waals surface area (Å²) in [5.41, 5.74) is 28.1. The predicted molar refractivity (Wildman–Crippen MR) is 384 cm³/mol. The van der Waals surface area contributed by atoms with E-state index >= 15 is 0 Å². The highest BCUT2D eigenvalue weighted by Gasteiger charge is 2.34. The van der Waals surface area contributed by atoms with E-state index in [1.807, 2.05) is 0 Å². The molecule has 0 amide bonds. The summed E-state index contributed by atoms with van der Waals surface area (Å²) in [7, 11) is 0. The SMILES string of the molecule is c1ccc(-c2ccc3c(c2N(c2cccc4c2oc2ccccc24)c2ccc4c5cc6c(cc5n5c7ccccc7c2c45)c2ccc(N(c4c(-c5ccccc5)ccc5c4CCCC5)c4cccc5c4oc4ccccc45)c4c5ccccc5n6c24)CCCC3)cc1. The minimum absolute atomic E-state index is 0.887. The lowest BCUT2D eigenvalue weighted by atomic mass is 9.86. The van der Waals surface area contributed by atoms with E-state index < -0.39 is 0 Å². The van der Waals surface area contributed by atoms with Crippen LogP contribution in [0.4, 0.5) is 34.1 Å². The molecule has 0 N–H and O–H groups in total. The normalized spacial score (nSPS) is 13.7. The van der Waals surface area contributed by atoms with Crippen LogP contribution in [0.1, 0.15) is 47.9 Å². The van der Waals surface area contributed by atoms with Gasteiger partial charge in [0.25, 0.3) is 0 Å². The van der Waals surface area contributed by atoms with E-state index in [1.165, 1.54) is 145 Å². The molecule has 0 saturated heterocycles. The molecule has 21 rings (SSSR count). The Kier molecular flexibility index (Phi) is 10.5. The van der Waals surface area contributed by atoms with Crippen molar-refractivity contribution in [3.63, 3.8) is 0 Å². The van der Waals surface area contributed by atoms with Crippen LogP contribution in [0.3, 0.4) is 0 Å². The van der Waals surface area contributed by atoms with Crippen molar-refractivity contribution in [3.05, 3.63) is 277 Å². The number of furan rings is 2. The van der Waals surface area contributed by atoms with Gasteiger partial charge in [-0.2, -0.15) is 0 Å². The third-order valence-electron chi connectivity index (χ3n) is 21.1. The number of nitrogens with zero attached hydrogens (tertiary/aromatic N) is 4. The summed E-state index contributed by atoms with van der Waals surface area (Å²) in [6, 6.07) is 95.2. The van der Waals surface area contributed by atoms with Gasteiger partial charge in [0.05, 0.1) is 67.2 Å². The van der Waals surface area contributed by atoms with Crippen LogP contribution in [0.5, 0.6) is 0 Å². The molecule has 2 aliphatic carbocycles. The minimum atomic E-state index is 0.887. The Balaban J connectivity index is 0.856. The lowest BCUT2D eigenvalue weighted by Crippen LogP contribution is -2.17. The smallest absolute Gasteiger partial charge is 0.159 e. The van der Waals surface area contributed by atoms with Gasteiger partial charge in [0.2, 0.25) is 0 Å². The number of aromatic nitrogens is 2. The largest absolute Gasteiger partial charge is 0.454 e. The predicted octanol–water partition coefficient (Wildman–Crippen LogP) is 23.8. The molecule has 6 heterocycles. The fourth-order valence-corrected chi connectivity index (χ4v) is 17.2. The monoisotopic (exact) mass is 1180 g/mol. The molecular formula is C86H58N4O2. The Morgan fingerprint density at radius 3 is 1.15 bits per heavy atom. The quantitative estimate of drug-likeness (QED) is 0.152. The molecule has 434 valence electrons. The molecule has 13 aromatic carbocycles. The van der Waals surface area contributed by atoms with Crippen molar-refractivity contribution in [1.82, 2.24) is 8.80 Å². The first-order valence-electron chi connectivity index (χ1n) is 32.8. The Morgan fingerprint density at radius 1 is 0.283 bits per heavy atom. The Hall–Kier alpha value is -11.3. The average Bonchev–Trinajstić information content (AvgIpc) is 1.51. The van der Waals surface area contributed by atoms with E-state index in [9.17, 15) is 0 Å². The van der Waals surface area contributed by atoms with E-state index in [1.54, 1.807) is 0 Å². The maximum absolute atomic E-state index is 7.09. The summed E-state index contributed by atoms with van der Waals surface area (Å²) in [4.78, 5) is 5.22. The number of rotatable bonds is 8. The van der Waals surface area contributed by atoms with Crippen LogP contribution in [0, 0.1) is 0 Å². The molecule has 6 heteroatoms.